The van der Waals surface area contributed by atoms with E-state index in [1.54, 1.807) is 0 Å². The summed E-state index contributed by atoms with van der Waals surface area (Å²) < 4.78 is 10.7. The van der Waals surface area contributed by atoms with Gasteiger partial charge in [0.1, 0.15) is 42.5 Å². The minimum Gasteiger partial charge on any atom is -0.459 e. The number of rotatable bonds is 7. The summed E-state index contributed by atoms with van der Waals surface area (Å²) in [7, 11) is 0. The second-order valence-electron chi connectivity index (χ2n) is 6.15. The van der Waals surface area contributed by atoms with Gasteiger partial charge in [-0.05, 0) is 0 Å². The molecule has 25 heavy (non-hydrogen) atoms. The van der Waals surface area contributed by atoms with E-state index in [4.69, 9.17) is 19.7 Å². The molecule has 0 aromatic carbocycles. The third-order valence-electron chi connectivity index (χ3n) is 4.43. The first-order valence-corrected chi connectivity index (χ1v) is 7.89. The van der Waals surface area contributed by atoms with E-state index >= 15 is 0 Å². The number of hydrogen-bond acceptors (Lipinski definition) is 10. The Morgan fingerprint density at radius 1 is 1.12 bits per heavy atom. The van der Waals surface area contributed by atoms with Crippen molar-refractivity contribution in [3.63, 3.8) is 0 Å². The van der Waals surface area contributed by atoms with Crippen LogP contribution in [0.15, 0.2) is 12.4 Å². The Balaban J connectivity index is 1.61. The summed E-state index contributed by atoms with van der Waals surface area (Å²) >= 11 is 0. The van der Waals surface area contributed by atoms with Crippen molar-refractivity contribution in [2.24, 2.45) is 5.92 Å². The highest BCUT2D eigenvalue weighted by molar-refractivity contribution is 5.75. The first kappa shape index (κ1) is 18.1. The summed E-state index contributed by atoms with van der Waals surface area (Å²) in [6.07, 6.45) is -2.87. The van der Waals surface area contributed by atoms with Gasteiger partial charge in [-0.2, -0.15) is 0 Å². The van der Waals surface area contributed by atoms with Gasteiger partial charge >= 0.3 is 5.97 Å². The number of aliphatic hydroxyl groups excluding tert-OH is 5. The Morgan fingerprint density at radius 2 is 1.88 bits per heavy atom. The monoisotopic (exact) mass is 356 g/mol. The molecule has 0 aliphatic carbocycles. The quantitative estimate of drug-likeness (QED) is 0.252. The normalized spacial score (nSPS) is 31.6. The van der Waals surface area contributed by atoms with Crippen molar-refractivity contribution >= 4 is 5.97 Å². The molecule has 1 aromatic heterocycles. The van der Waals surface area contributed by atoms with Gasteiger partial charge in [0.25, 0.3) is 0 Å². The molecule has 0 saturated carbocycles. The Labute approximate surface area is 142 Å². The number of epoxide rings is 1. The highest BCUT2D eigenvalue weighted by Gasteiger charge is 2.57. The maximum absolute atomic E-state index is 11.8. The molecule has 5 N–H and O–H groups in total. The lowest BCUT2D eigenvalue weighted by Crippen LogP contribution is -2.40. The molecule has 1 aromatic rings. The standard InChI is InChI=1S/C15H20N2O8/c18-4-7-13-14(25-13)10(24-15(7)23)1-6-2-17-8(3-16-6)11(21)12(22)9(20)5-19/h2-3,7,9-14,18-22H,1,4-5H2/t7-,9?,10?,11?,12?,13?,14?/m1/s1. The summed E-state index contributed by atoms with van der Waals surface area (Å²) in [6, 6.07) is 0. The fourth-order valence-electron chi connectivity index (χ4n) is 2.86. The van der Waals surface area contributed by atoms with Crippen LogP contribution in [0.4, 0.5) is 0 Å². The predicted molar refractivity (Wildman–Crippen MR) is 78.9 cm³/mol. The summed E-state index contributed by atoms with van der Waals surface area (Å²) in [5, 5.41) is 46.8. The molecule has 3 heterocycles. The number of carbonyl (C=O) groups is 1. The van der Waals surface area contributed by atoms with Crippen LogP contribution in [0.25, 0.3) is 0 Å². The zero-order valence-electron chi connectivity index (χ0n) is 13.2. The van der Waals surface area contributed by atoms with Crippen LogP contribution >= 0.6 is 0 Å². The third-order valence-corrected chi connectivity index (χ3v) is 4.43. The smallest absolute Gasteiger partial charge is 0.314 e. The number of fused-ring (bicyclic) bond motifs is 1. The molecule has 0 bridgehead atoms. The molecule has 10 heteroatoms. The van der Waals surface area contributed by atoms with Gasteiger partial charge in [0.2, 0.25) is 0 Å². The molecular formula is C15H20N2O8. The van der Waals surface area contributed by atoms with Crippen LogP contribution < -0.4 is 0 Å². The molecular weight excluding hydrogens is 336 g/mol. The van der Waals surface area contributed by atoms with Crippen LogP contribution in [0.2, 0.25) is 0 Å². The molecule has 2 aliphatic rings. The number of ether oxygens (including phenoxy) is 2. The van der Waals surface area contributed by atoms with Crippen LogP contribution in [-0.2, 0) is 20.7 Å². The molecule has 6 unspecified atom stereocenters. The molecule has 0 spiro atoms. The highest BCUT2D eigenvalue weighted by atomic mass is 16.6. The van der Waals surface area contributed by atoms with E-state index in [-0.39, 0.29) is 30.9 Å². The molecule has 0 radical (unpaired) electrons. The lowest BCUT2D eigenvalue weighted by Gasteiger charge is -2.23. The summed E-state index contributed by atoms with van der Waals surface area (Å²) in [6.45, 7) is -1.02. The van der Waals surface area contributed by atoms with E-state index in [0.717, 1.165) is 0 Å². The third kappa shape index (κ3) is 3.64. The average molecular weight is 356 g/mol. The molecule has 2 fully saturated rings. The minimum atomic E-state index is -1.60. The van der Waals surface area contributed by atoms with E-state index < -0.39 is 42.9 Å². The maximum Gasteiger partial charge on any atom is 0.314 e. The number of cyclic esters (lactones) is 1. The minimum absolute atomic E-state index is 0.0327. The van der Waals surface area contributed by atoms with Crippen molar-refractivity contribution in [1.82, 2.24) is 9.97 Å². The van der Waals surface area contributed by atoms with Gasteiger partial charge in [-0.1, -0.05) is 0 Å². The second kappa shape index (κ2) is 7.28. The SMILES string of the molecule is O=C1OC(Cc2cnc(C(O)C(O)C(O)CO)cn2)C2OC2[C@H]1CO. The number of hydrogen-bond donors (Lipinski definition) is 5. The van der Waals surface area contributed by atoms with Crippen molar-refractivity contribution in [2.45, 2.75) is 43.0 Å². The highest BCUT2D eigenvalue weighted by Crippen LogP contribution is 2.39. The number of esters is 1. The van der Waals surface area contributed by atoms with Crippen molar-refractivity contribution in [2.75, 3.05) is 13.2 Å². The Morgan fingerprint density at radius 3 is 2.48 bits per heavy atom. The number of carbonyl (C=O) groups excluding carboxylic acids is 1. The molecule has 2 aliphatic heterocycles. The van der Waals surface area contributed by atoms with Gasteiger partial charge in [0.15, 0.2) is 0 Å². The molecule has 2 saturated heterocycles. The van der Waals surface area contributed by atoms with Gasteiger partial charge in [-0.15, -0.1) is 0 Å². The van der Waals surface area contributed by atoms with Crippen LogP contribution in [0.3, 0.4) is 0 Å². The summed E-state index contributed by atoms with van der Waals surface area (Å²) in [5.74, 6) is -1.16. The lowest BCUT2D eigenvalue weighted by molar-refractivity contribution is -0.159. The lowest BCUT2D eigenvalue weighted by atomic mass is 9.96. The van der Waals surface area contributed by atoms with Crippen LogP contribution in [0, 0.1) is 5.92 Å². The molecule has 3 rings (SSSR count). The topological polar surface area (TPSA) is 166 Å². The Kier molecular flexibility index (Phi) is 5.27. The Bertz CT molecular complexity index is 612. The molecule has 0 amide bonds. The van der Waals surface area contributed by atoms with Gasteiger partial charge < -0.3 is 35.0 Å². The van der Waals surface area contributed by atoms with Crippen molar-refractivity contribution in [3.05, 3.63) is 23.8 Å². The van der Waals surface area contributed by atoms with Crippen molar-refractivity contribution in [1.29, 1.82) is 0 Å². The van der Waals surface area contributed by atoms with Crippen molar-refractivity contribution in [3.8, 4) is 0 Å². The Hall–Kier alpha value is -1.69. The summed E-state index contributed by atoms with van der Waals surface area (Å²) in [4.78, 5) is 19.9. The van der Waals surface area contributed by atoms with Crippen LogP contribution in [-0.4, -0.2) is 85.2 Å². The number of aromatic nitrogens is 2. The molecule has 10 nitrogen and oxygen atoms in total. The van der Waals surface area contributed by atoms with Crippen LogP contribution in [0.1, 0.15) is 17.5 Å². The molecule has 7 atom stereocenters. The summed E-state index contributed by atoms with van der Waals surface area (Å²) in [5.41, 5.74) is 0.521. The van der Waals surface area contributed by atoms with Gasteiger partial charge in [0.05, 0.1) is 30.8 Å². The van der Waals surface area contributed by atoms with Crippen LogP contribution in [0.5, 0.6) is 0 Å². The van der Waals surface area contributed by atoms with Gasteiger partial charge in [-0.25, -0.2) is 0 Å². The first-order chi connectivity index (χ1) is 12.0. The number of aliphatic hydroxyl groups is 5. The van der Waals surface area contributed by atoms with Gasteiger partial charge in [0, 0.05) is 12.6 Å². The molecule has 138 valence electrons. The van der Waals surface area contributed by atoms with E-state index in [1.165, 1.54) is 12.4 Å². The zero-order chi connectivity index (χ0) is 18.1. The predicted octanol–water partition coefficient (Wildman–Crippen LogP) is -2.93. The van der Waals surface area contributed by atoms with Gasteiger partial charge in [-0.3, -0.25) is 14.8 Å². The van der Waals surface area contributed by atoms with E-state index in [0.29, 0.717) is 5.69 Å². The largest absolute Gasteiger partial charge is 0.459 e. The van der Waals surface area contributed by atoms with E-state index in [2.05, 4.69) is 9.97 Å². The number of nitrogens with zero attached hydrogens (tertiary/aromatic N) is 2. The maximum atomic E-state index is 11.8. The fraction of sp³-hybridized carbons (Fsp3) is 0.667. The van der Waals surface area contributed by atoms with E-state index in [1.807, 2.05) is 0 Å². The zero-order valence-corrected chi connectivity index (χ0v) is 13.2. The van der Waals surface area contributed by atoms with Crippen molar-refractivity contribution < 1.29 is 39.8 Å². The first-order valence-electron chi connectivity index (χ1n) is 7.89. The van der Waals surface area contributed by atoms with E-state index in [9.17, 15) is 20.1 Å². The second-order valence-corrected chi connectivity index (χ2v) is 6.15. The fourth-order valence-corrected chi connectivity index (χ4v) is 2.86. The average Bonchev–Trinajstić information content (AvgIpc) is 3.41.